The first kappa shape index (κ1) is 39.5. The molecule has 0 radical (unpaired) electrons. The van der Waals surface area contributed by atoms with Crippen LogP contribution in [0.1, 0.15) is 36.8 Å². The van der Waals surface area contributed by atoms with Crippen LogP contribution in [-0.4, -0.2) is 4.98 Å². The molecule has 0 bridgehead atoms. The molecule has 9 aromatic carbocycles. The Hall–Kier alpha value is -8.13. The fraction of sp³-hybridized carbons (Fsp3) is 0.0615. The van der Waals surface area contributed by atoms with Crippen LogP contribution in [0.3, 0.4) is 0 Å². The van der Waals surface area contributed by atoms with Gasteiger partial charge in [-0.25, -0.2) is 0 Å². The lowest BCUT2D eigenvalue weighted by atomic mass is 9.77. The molecule has 1 heteroatoms. The maximum Gasteiger partial charge on any atom is 0.0780 e. The normalized spacial score (nSPS) is 13.6. The van der Waals surface area contributed by atoms with Crippen LogP contribution in [0.15, 0.2) is 237 Å². The van der Waals surface area contributed by atoms with Gasteiger partial charge in [0, 0.05) is 17.1 Å². The lowest BCUT2D eigenvalue weighted by molar-refractivity contribution is 1.04. The summed E-state index contributed by atoms with van der Waals surface area (Å²) in [4.78, 5) is 4.84. The van der Waals surface area contributed by atoms with Crippen LogP contribution in [0.2, 0.25) is 0 Å². The Bertz CT molecular complexity index is 3540. The van der Waals surface area contributed by atoms with E-state index in [-0.39, 0.29) is 0 Å². The van der Waals surface area contributed by atoms with E-state index in [1.54, 1.807) is 0 Å². The first-order valence-electron chi connectivity index (χ1n) is 23.3. The van der Waals surface area contributed by atoms with Crippen molar-refractivity contribution in [2.45, 2.75) is 25.7 Å². The minimum absolute atomic E-state index is 1.01. The monoisotopic (exact) mass is 841 g/mol. The molecule has 10 aromatic rings. The highest BCUT2D eigenvalue weighted by Gasteiger charge is 2.26. The zero-order valence-corrected chi connectivity index (χ0v) is 36.8. The zero-order valence-electron chi connectivity index (χ0n) is 36.8. The Morgan fingerprint density at radius 2 is 0.788 bits per heavy atom. The molecule has 1 nitrogen and oxygen atoms in total. The number of benzene rings is 9. The summed E-state index contributed by atoms with van der Waals surface area (Å²) in [5.74, 6) is 0. The molecule has 0 fully saturated rings. The molecule has 2 aliphatic carbocycles. The van der Waals surface area contributed by atoms with Gasteiger partial charge in [0.1, 0.15) is 0 Å². The van der Waals surface area contributed by atoms with Crippen molar-refractivity contribution in [3.63, 3.8) is 0 Å². The molecule has 1 heterocycles. The number of nitrogens with zero attached hydrogens (tertiary/aromatic N) is 1. The van der Waals surface area contributed by atoms with Crippen molar-refractivity contribution in [2.24, 2.45) is 0 Å². The van der Waals surface area contributed by atoms with E-state index < -0.39 is 0 Å². The van der Waals surface area contributed by atoms with E-state index in [1.165, 1.54) is 105 Å². The third-order valence-electron chi connectivity index (χ3n) is 13.6. The minimum Gasteiger partial charge on any atom is -0.256 e. The molecule has 1 aromatic heterocycles. The molecule has 12 rings (SSSR count). The highest BCUT2D eigenvalue weighted by Crippen LogP contribution is 2.50. The van der Waals surface area contributed by atoms with E-state index >= 15 is 0 Å². The number of allylic oxidation sites excluding steroid dienone is 8. The smallest absolute Gasteiger partial charge is 0.0780 e. The summed E-state index contributed by atoms with van der Waals surface area (Å²) in [6.45, 7) is 0. The van der Waals surface area contributed by atoms with Crippen molar-refractivity contribution in [3.8, 4) is 66.9 Å². The van der Waals surface area contributed by atoms with Crippen LogP contribution in [0.4, 0.5) is 0 Å². The van der Waals surface area contributed by atoms with Gasteiger partial charge in [0.25, 0.3) is 0 Å². The Labute approximate surface area is 387 Å². The van der Waals surface area contributed by atoms with E-state index in [0.29, 0.717) is 0 Å². The summed E-state index contributed by atoms with van der Waals surface area (Å²) in [6.07, 6.45) is 20.4. The third kappa shape index (κ3) is 7.01. The molecule has 0 saturated carbocycles. The Morgan fingerprint density at radius 1 is 0.303 bits per heavy atom. The van der Waals surface area contributed by atoms with Crippen LogP contribution in [0, 0.1) is 0 Å². The topological polar surface area (TPSA) is 12.9 Å². The summed E-state index contributed by atoms with van der Waals surface area (Å²) in [5.41, 5.74) is 19.6. The molecular weight excluding hydrogens is 795 g/mol. The first-order valence-corrected chi connectivity index (χ1v) is 23.3. The lowest BCUT2D eigenvalue weighted by Crippen LogP contribution is -2.04. The average molecular weight is 842 g/mol. The van der Waals surface area contributed by atoms with E-state index in [1.807, 2.05) is 6.20 Å². The van der Waals surface area contributed by atoms with Crippen molar-refractivity contribution in [2.75, 3.05) is 0 Å². The summed E-state index contributed by atoms with van der Waals surface area (Å²) < 4.78 is 0. The molecule has 2 aliphatic rings. The van der Waals surface area contributed by atoms with Crippen molar-refractivity contribution in [3.05, 3.63) is 248 Å². The molecule has 0 amide bonds. The van der Waals surface area contributed by atoms with E-state index in [2.05, 4.69) is 231 Å². The number of aromatic nitrogens is 1. The highest BCUT2D eigenvalue weighted by molar-refractivity contribution is 6.21. The number of fused-ring (bicyclic) bond motifs is 3. The second kappa shape index (κ2) is 17.1. The van der Waals surface area contributed by atoms with E-state index in [4.69, 9.17) is 4.98 Å². The fourth-order valence-corrected chi connectivity index (χ4v) is 10.6. The zero-order chi connectivity index (χ0) is 43.8. The molecule has 0 atom stereocenters. The molecular formula is C65H47N. The quantitative estimate of drug-likeness (QED) is 0.139. The molecule has 0 unspecified atom stereocenters. The molecule has 0 N–H and O–H groups in total. The fourth-order valence-electron chi connectivity index (χ4n) is 10.6. The lowest BCUT2D eigenvalue weighted by Gasteiger charge is -2.26. The number of hydrogen-bond acceptors (Lipinski definition) is 1. The predicted octanol–water partition coefficient (Wildman–Crippen LogP) is 18.0. The van der Waals surface area contributed by atoms with Gasteiger partial charge >= 0.3 is 0 Å². The molecule has 66 heavy (non-hydrogen) atoms. The standard InChI is InChI=1S/C65H47N/c1-5-20-44(21-6-1)58-43-59(63(47-25-9-3-10-26-47)64(48-27-11-4-12-28-48)62(58)46-23-7-2-8-24-46)51-29-19-30-52(42-51)61-56-34-17-15-32-54(56)60(55-33-16-18-35-57(55)61)49-36-38-50(39-37-49)65-53-31-14-13-22-45(53)40-41-66-65/h1,3,5-7,9-11,13-43H,2,4,8,12H2. The second-order valence-corrected chi connectivity index (χ2v) is 17.5. The van der Waals surface area contributed by atoms with Gasteiger partial charge in [0.05, 0.1) is 5.69 Å². The van der Waals surface area contributed by atoms with Crippen molar-refractivity contribution < 1.29 is 0 Å². The molecule has 0 aliphatic heterocycles. The average Bonchev–Trinajstić information content (AvgIpc) is 3.40. The third-order valence-corrected chi connectivity index (χ3v) is 13.6. The maximum atomic E-state index is 4.84. The van der Waals surface area contributed by atoms with Crippen LogP contribution >= 0.6 is 0 Å². The van der Waals surface area contributed by atoms with Gasteiger partial charge in [-0.2, -0.15) is 0 Å². The van der Waals surface area contributed by atoms with Crippen LogP contribution < -0.4 is 0 Å². The largest absolute Gasteiger partial charge is 0.256 e. The number of rotatable bonds is 8. The van der Waals surface area contributed by atoms with Crippen LogP contribution in [0.25, 0.3) is 110 Å². The van der Waals surface area contributed by atoms with Crippen molar-refractivity contribution in [1.29, 1.82) is 0 Å². The van der Waals surface area contributed by atoms with E-state index in [0.717, 1.165) is 42.3 Å². The number of hydrogen-bond donors (Lipinski definition) is 0. The highest BCUT2D eigenvalue weighted by atomic mass is 14.7. The molecule has 0 saturated heterocycles. The van der Waals surface area contributed by atoms with Crippen molar-refractivity contribution >= 4 is 43.5 Å². The summed E-state index contributed by atoms with van der Waals surface area (Å²) >= 11 is 0. The van der Waals surface area contributed by atoms with Gasteiger partial charge in [-0.05, 0) is 149 Å². The summed E-state index contributed by atoms with van der Waals surface area (Å²) in [6, 6.07) is 71.5. The summed E-state index contributed by atoms with van der Waals surface area (Å²) in [7, 11) is 0. The van der Waals surface area contributed by atoms with Crippen molar-refractivity contribution in [1.82, 2.24) is 4.98 Å². The van der Waals surface area contributed by atoms with Gasteiger partial charge in [-0.3, -0.25) is 4.98 Å². The Balaban J connectivity index is 1.09. The molecule has 312 valence electrons. The predicted molar refractivity (Wildman–Crippen MR) is 282 cm³/mol. The van der Waals surface area contributed by atoms with Gasteiger partial charge in [0.2, 0.25) is 0 Å². The number of pyridine rings is 1. The Morgan fingerprint density at radius 3 is 1.41 bits per heavy atom. The first-order chi connectivity index (χ1) is 32.8. The SMILES string of the molecule is C1=CC(c2c(-c3ccccc3)cc(-c3cccc(-c4c5ccccc5c(-c5ccc(-c6nccc7ccccc67)cc5)c5ccccc45)c3)c(-c3ccccc3)c2C2=CCCC=C2)=CCC1. The Kier molecular flexibility index (Phi) is 10.2. The molecule has 0 spiro atoms. The van der Waals surface area contributed by atoms with Crippen LogP contribution in [0.5, 0.6) is 0 Å². The van der Waals surface area contributed by atoms with Gasteiger partial charge < -0.3 is 0 Å². The van der Waals surface area contributed by atoms with Gasteiger partial charge in [0.15, 0.2) is 0 Å². The van der Waals surface area contributed by atoms with Gasteiger partial charge in [-0.1, -0.05) is 212 Å². The minimum atomic E-state index is 1.01. The van der Waals surface area contributed by atoms with E-state index in [9.17, 15) is 0 Å². The summed E-state index contributed by atoms with van der Waals surface area (Å²) in [5, 5.41) is 7.31. The van der Waals surface area contributed by atoms with Crippen LogP contribution in [-0.2, 0) is 0 Å². The maximum absolute atomic E-state index is 4.84. The second-order valence-electron chi connectivity index (χ2n) is 17.5. The van der Waals surface area contributed by atoms with Gasteiger partial charge in [-0.15, -0.1) is 0 Å².